The molecule has 16 nitrogen and oxygen atoms in total. The Hall–Kier alpha value is -5.15. The van der Waals surface area contributed by atoms with Crippen molar-refractivity contribution in [1.29, 1.82) is 0 Å². The molecule has 3 atom stereocenters. The van der Waals surface area contributed by atoms with E-state index >= 15 is 0 Å². The third kappa shape index (κ3) is 8.71. The largest absolute Gasteiger partial charge is 0.481 e. The Balaban J connectivity index is 1.30. The minimum Gasteiger partial charge on any atom is -0.481 e. The van der Waals surface area contributed by atoms with Crippen LogP contribution in [0.3, 0.4) is 0 Å². The lowest BCUT2D eigenvalue weighted by atomic mass is 9.93. The fraction of sp³-hybridized carbons (Fsp3) is 0.559. The summed E-state index contributed by atoms with van der Waals surface area (Å²) in [6.45, 7) is 4.75. The van der Waals surface area contributed by atoms with Crippen LogP contribution in [0.15, 0.2) is 36.4 Å². The molecule has 3 fully saturated rings. The zero-order valence-electron chi connectivity index (χ0n) is 28.4. The highest BCUT2D eigenvalue weighted by atomic mass is 16.6. The molecule has 0 radical (unpaired) electrons. The summed E-state index contributed by atoms with van der Waals surface area (Å²) in [6, 6.07) is 8.57. The van der Waals surface area contributed by atoms with E-state index in [-0.39, 0.29) is 75.1 Å². The quantitative estimate of drug-likeness (QED) is 0.277. The summed E-state index contributed by atoms with van der Waals surface area (Å²) < 4.78 is 12.5. The number of carboxylic acids is 1. The number of aliphatic carboxylic acids is 1. The Morgan fingerprint density at radius 2 is 1.64 bits per heavy atom. The number of carbonyl (C=O) groups excluding carboxylic acids is 5. The van der Waals surface area contributed by atoms with Gasteiger partial charge in [-0.25, -0.2) is 9.48 Å². The van der Waals surface area contributed by atoms with Gasteiger partial charge in [0, 0.05) is 51.3 Å². The molecule has 270 valence electrons. The van der Waals surface area contributed by atoms with Crippen molar-refractivity contribution in [2.75, 3.05) is 39.3 Å². The van der Waals surface area contributed by atoms with Gasteiger partial charge in [0.25, 0.3) is 11.8 Å². The lowest BCUT2D eigenvalue weighted by Crippen LogP contribution is -2.56. The van der Waals surface area contributed by atoms with Crippen LogP contribution in [-0.4, -0.2) is 129 Å². The van der Waals surface area contributed by atoms with E-state index in [1.165, 1.54) is 20.5 Å². The highest BCUT2D eigenvalue weighted by Crippen LogP contribution is 2.25. The predicted octanol–water partition coefficient (Wildman–Crippen LogP) is 1.56. The number of benzene rings is 1. The molecule has 0 spiro atoms. The maximum atomic E-state index is 13.6. The van der Waals surface area contributed by atoms with Crippen LogP contribution in [0.1, 0.15) is 69.3 Å². The number of amides is 5. The number of carbonyl (C=O) groups is 6. The van der Waals surface area contributed by atoms with Crippen molar-refractivity contribution in [3.8, 4) is 11.6 Å². The van der Waals surface area contributed by atoms with E-state index in [1.54, 1.807) is 49.1 Å². The third-order valence-corrected chi connectivity index (χ3v) is 9.21. The molecule has 16 heteroatoms. The predicted molar refractivity (Wildman–Crippen MR) is 177 cm³/mol. The molecule has 3 heterocycles. The monoisotopic (exact) mass is 695 g/mol. The van der Waals surface area contributed by atoms with E-state index in [0.29, 0.717) is 25.1 Å². The summed E-state index contributed by atoms with van der Waals surface area (Å²) in [5.41, 5.74) is 0.417. The number of nitrogens with zero attached hydrogens (tertiary/aromatic N) is 5. The van der Waals surface area contributed by atoms with Gasteiger partial charge in [-0.2, -0.15) is 5.10 Å². The number of rotatable bonds is 13. The van der Waals surface area contributed by atoms with Crippen LogP contribution in [0.2, 0.25) is 0 Å². The maximum absolute atomic E-state index is 13.6. The Morgan fingerprint density at radius 1 is 0.940 bits per heavy atom. The van der Waals surface area contributed by atoms with E-state index in [4.69, 9.17) is 9.47 Å². The fourth-order valence-corrected chi connectivity index (χ4v) is 6.23. The van der Waals surface area contributed by atoms with Gasteiger partial charge in [-0.05, 0) is 64.5 Å². The summed E-state index contributed by atoms with van der Waals surface area (Å²) in [4.78, 5) is 81.8. The molecule has 5 amide bonds. The number of hydrogen-bond acceptors (Lipinski definition) is 9. The minimum atomic E-state index is -1.18. The van der Waals surface area contributed by atoms with Crippen molar-refractivity contribution >= 4 is 35.7 Å². The molecule has 0 bridgehead atoms. The van der Waals surface area contributed by atoms with Crippen LogP contribution in [0.5, 0.6) is 5.88 Å². The van der Waals surface area contributed by atoms with Gasteiger partial charge in [-0.15, -0.1) is 0 Å². The first-order valence-corrected chi connectivity index (χ1v) is 17.2. The third-order valence-electron chi connectivity index (χ3n) is 9.21. The zero-order chi connectivity index (χ0) is 35.8. The molecule has 1 aromatic heterocycles. The Labute approximate surface area is 290 Å². The number of para-hydroxylation sites is 1. The number of carboxylic acid groups (broad SMARTS) is 1. The van der Waals surface area contributed by atoms with Crippen molar-refractivity contribution in [3.63, 3.8) is 0 Å². The molecule has 2 aromatic rings. The molecule has 3 aliphatic rings. The molecule has 3 N–H and O–H groups in total. The number of aromatic nitrogens is 2. The van der Waals surface area contributed by atoms with E-state index in [1.807, 2.05) is 0 Å². The summed E-state index contributed by atoms with van der Waals surface area (Å²) in [5.74, 6) is -2.81. The van der Waals surface area contributed by atoms with Gasteiger partial charge in [-0.1, -0.05) is 18.2 Å². The Morgan fingerprint density at radius 3 is 2.28 bits per heavy atom. The fourth-order valence-electron chi connectivity index (χ4n) is 6.23. The highest BCUT2D eigenvalue weighted by molar-refractivity contribution is 5.96. The molecule has 5 rings (SSSR count). The summed E-state index contributed by atoms with van der Waals surface area (Å²) >= 11 is 0. The lowest BCUT2D eigenvalue weighted by Gasteiger charge is -2.35. The molecule has 1 aromatic carbocycles. The van der Waals surface area contributed by atoms with Gasteiger partial charge in [0.1, 0.15) is 12.1 Å². The number of nitrogens with one attached hydrogen (secondary N) is 2. The molecule has 2 unspecified atom stereocenters. The van der Waals surface area contributed by atoms with E-state index in [0.717, 1.165) is 19.3 Å². The van der Waals surface area contributed by atoms with Crippen molar-refractivity contribution in [3.05, 3.63) is 42.1 Å². The van der Waals surface area contributed by atoms with E-state index in [2.05, 4.69) is 15.7 Å². The van der Waals surface area contributed by atoms with Crippen LogP contribution >= 0.6 is 0 Å². The average Bonchev–Trinajstić information content (AvgIpc) is 3.76. The number of hydrogen-bond donors (Lipinski definition) is 3. The van der Waals surface area contributed by atoms with Crippen molar-refractivity contribution in [1.82, 2.24) is 35.1 Å². The summed E-state index contributed by atoms with van der Waals surface area (Å²) in [6.07, 6.45) is 2.16. The van der Waals surface area contributed by atoms with Gasteiger partial charge in [0.15, 0.2) is 11.8 Å². The second kappa shape index (κ2) is 16.5. The van der Waals surface area contributed by atoms with Crippen LogP contribution in [0, 0.1) is 0 Å². The first kappa shape index (κ1) is 36.1. The summed E-state index contributed by atoms with van der Waals surface area (Å²) in [7, 11) is 0. The normalized spacial score (nSPS) is 18.8. The van der Waals surface area contributed by atoms with Crippen LogP contribution < -0.4 is 15.4 Å². The second-order valence-corrected chi connectivity index (χ2v) is 12.7. The SMILES string of the molecule is CCOC(=O)N1CCN(C(=O)C(CCC(=O)O)NC(=O)c2cc(O[C@@H](C)C(=O)N3CCCC3C(=O)NC3CCC3)n(-c3ccccc3)n2)CC1. The van der Waals surface area contributed by atoms with Crippen LogP contribution in [-0.2, 0) is 23.9 Å². The summed E-state index contributed by atoms with van der Waals surface area (Å²) in [5, 5.41) is 19.5. The van der Waals surface area contributed by atoms with Crippen molar-refractivity contribution < 1.29 is 43.3 Å². The van der Waals surface area contributed by atoms with Crippen LogP contribution in [0.25, 0.3) is 5.69 Å². The van der Waals surface area contributed by atoms with Gasteiger partial charge in [0.05, 0.1) is 12.3 Å². The molecule has 2 aliphatic heterocycles. The highest BCUT2D eigenvalue weighted by Gasteiger charge is 2.38. The molecule has 1 aliphatic carbocycles. The average molecular weight is 696 g/mol. The lowest BCUT2D eigenvalue weighted by molar-refractivity contribution is -0.143. The van der Waals surface area contributed by atoms with E-state index < -0.39 is 42.1 Å². The number of likely N-dealkylation sites (tertiary alicyclic amines) is 1. The van der Waals surface area contributed by atoms with E-state index in [9.17, 15) is 33.9 Å². The van der Waals surface area contributed by atoms with Crippen molar-refractivity contribution in [2.45, 2.75) is 83.0 Å². The molecular formula is C34H45N7O9. The van der Waals surface area contributed by atoms with Crippen LogP contribution in [0.4, 0.5) is 4.79 Å². The molecule has 1 saturated carbocycles. The van der Waals surface area contributed by atoms with Gasteiger partial charge in [0.2, 0.25) is 17.7 Å². The minimum absolute atomic E-state index is 0.0837. The second-order valence-electron chi connectivity index (χ2n) is 12.7. The molecule has 2 saturated heterocycles. The zero-order valence-corrected chi connectivity index (χ0v) is 28.4. The van der Waals surface area contributed by atoms with Gasteiger partial charge in [-0.3, -0.25) is 24.0 Å². The number of piperazine rings is 1. The Bertz CT molecular complexity index is 1550. The number of ether oxygens (including phenoxy) is 2. The first-order valence-electron chi connectivity index (χ1n) is 17.2. The maximum Gasteiger partial charge on any atom is 0.409 e. The molecular weight excluding hydrogens is 650 g/mol. The van der Waals surface area contributed by atoms with Gasteiger partial charge < -0.3 is 39.9 Å². The standard InChI is InChI=1S/C34H45N7O9/c1-3-49-34(48)39-19-17-38(18-20-39)33(47)25(14-15-29(42)43)36-30(44)26-21-28(41(37-26)24-11-5-4-6-12-24)50-22(2)32(46)40-16-8-13-27(40)31(45)35-23-9-7-10-23/h4-6,11-12,21-23,25,27H,3,7-10,13-20H2,1-2H3,(H,35,45)(H,36,44)(H,42,43)/t22-,25?,27?/m0/s1. The van der Waals surface area contributed by atoms with Crippen molar-refractivity contribution in [2.24, 2.45) is 0 Å². The first-order chi connectivity index (χ1) is 24.0. The Kier molecular flexibility index (Phi) is 11.9. The van der Waals surface area contributed by atoms with Gasteiger partial charge >= 0.3 is 12.1 Å². The smallest absolute Gasteiger partial charge is 0.409 e. The topological polar surface area (TPSA) is 193 Å². The molecule has 50 heavy (non-hydrogen) atoms.